The van der Waals surface area contributed by atoms with E-state index in [4.69, 9.17) is 21.1 Å². The van der Waals surface area contributed by atoms with Crippen molar-refractivity contribution in [3.05, 3.63) is 0 Å². The molecule has 8 heteroatoms. The molecule has 1 amide bonds. The number of hydrogen-bond donors (Lipinski definition) is 0. The van der Waals surface area contributed by atoms with Crippen LogP contribution in [0.4, 0.5) is 13.6 Å². The van der Waals surface area contributed by atoms with Crippen molar-refractivity contribution in [2.24, 2.45) is 5.41 Å². The van der Waals surface area contributed by atoms with Crippen LogP contribution in [0.2, 0.25) is 0 Å². The quantitative estimate of drug-likeness (QED) is 0.577. The van der Waals surface area contributed by atoms with E-state index >= 15 is 0 Å². The molecule has 0 aromatic heterocycles. The van der Waals surface area contributed by atoms with Gasteiger partial charge in [-0.15, -0.1) is 11.6 Å². The van der Waals surface area contributed by atoms with E-state index < -0.39 is 34.5 Å². The van der Waals surface area contributed by atoms with E-state index in [0.717, 1.165) is 4.90 Å². The molecule has 0 aromatic carbocycles. The summed E-state index contributed by atoms with van der Waals surface area (Å²) in [6, 6.07) is 0. The topological polar surface area (TPSA) is 55.8 Å². The van der Waals surface area contributed by atoms with Crippen molar-refractivity contribution in [1.29, 1.82) is 0 Å². The number of ether oxygens (including phenoxy) is 2. The van der Waals surface area contributed by atoms with E-state index in [0.29, 0.717) is 0 Å². The molecule has 1 heterocycles. The van der Waals surface area contributed by atoms with Crippen molar-refractivity contribution in [3.8, 4) is 0 Å². The highest BCUT2D eigenvalue weighted by Gasteiger charge is 2.79. The standard InChI is InChI=1S/C15H22ClF2NO4/c1-12(2,3)23-11(21)19-9-13(8-15(13,17)18)7-14(19,5-6-16)10(20)22-4/h5-9H2,1-4H3/t13-,14-/m1/s1. The van der Waals surface area contributed by atoms with Gasteiger partial charge in [-0.3, -0.25) is 4.90 Å². The second kappa shape index (κ2) is 5.46. The van der Waals surface area contributed by atoms with Crippen molar-refractivity contribution >= 4 is 23.7 Å². The molecule has 2 atom stereocenters. The molecular formula is C15H22ClF2NO4. The molecule has 1 aliphatic heterocycles. The first-order chi connectivity index (χ1) is 10.4. The first-order valence-electron chi connectivity index (χ1n) is 7.46. The number of esters is 1. The monoisotopic (exact) mass is 353 g/mol. The fourth-order valence-corrected chi connectivity index (χ4v) is 3.63. The summed E-state index contributed by atoms with van der Waals surface area (Å²) in [5.74, 6) is -3.59. The molecule has 2 rings (SSSR count). The number of nitrogens with zero attached hydrogens (tertiary/aromatic N) is 1. The lowest BCUT2D eigenvalue weighted by Crippen LogP contribution is -2.55. The maximum atomic E-state index is 13.9. The third-order valence-electron chi connectivity index (χ3n) is 4.51. The second-order valence-electron chi connectivity index (χ2n) is 7.37. The molecule has 1 saturated heterocycles. The minimum atomic E-state index is -2.89. The summed E-state index contributed by atoms with van der Waals surface area (Å²) in [5.41, 5.74) is -3.69. The Bertz CT molecular complexity index is 522. The highest BCUT2D eigenvalue weighted by molar-refractivity contribution is 6.18. The van der Waals surface area contributed by atoms with Gasteiger partial charge in [0.1, 0.15) is 11.1 Å². The average Bonchev–Trinajstić information content (AvgIpc) is 2.76. The molecular weight excluding hydrogens is 332 g/mol. The van der Waals surface area contributed by atoms with Gasteiger partial charge in [-0.05, 0) is 33.6 Å². The average molecular weight is 354 g/mol. The number of amides is 1. The fourth-order valence-electron chi connectivity index (χ4n) is 3.32. The van der Waals surface area contributed by atoms with E-state index in [-0.39, 0.29) is 31.7 Å². The number of halogens is 3. The van der Waals surface area contributed by atoms with E-state index in [2.05, 4.69) is 0 Å². The van der Waals surface area contributed by atoms with Crippen molar-refractivity contribution in [1.82, 2.24) is 4.90 Å². The second-order valence-corrected chi connectivity index (χ2v) is 7.74. The lowest BCUT2D eigenvalue weighted by molar-refractivity contribution is -0.153. The van der Waals surface area contributed by atoms with Gasteiger partial charge in [-0.25, -0.2) is 18.4 Å². The van der Waals surface area contributed by atoms with Crippen molar-refractivity contribution in [2.75, 3.05) is 19.5 Å². The van der Waals surface area contributed by atoms with Gasteiger partial charge in [0.15, 0.2) is 0 Å². The van der Waals surface area contributed by atoms with Crippen LogP contribution >= 0.6 is 11.6 Å². The van der Waals surface area contributed by atoms with Crippen LogP contribution < -0.4 is 0 Å². The van der Waals surface area contributed by atoms with Crippen LogP contribution in [-0.2, 0) is 14.3 Å². The summed E-state index contributed by atoms with van der Waals surface area (Å²) < 4.78 is 37.8. The zero-order chi connectivity index (χ0) is 17.7. The largest absolute Gasteiger partial charge is 0.467 e. The van der Waals surface area contributed by atoms with Crippen molar-refractivity contribution in [2.45, 2.75) is 57.1 Å². The molecule has 0 aromatic rings. The summed E-state index contributed by atoms with van der Waals surface area (Å²) in [4.78, 5) is 26.0. The van der Waals surface area contributed by atoms with Crippen LogP contribution in [0.15, 0.2) is 0 Å². The van der Waals surface area contributed by atoms with Gasteiger partial charge < -0.3 is 9.47 Å². The lowest BCUT2D eigenvalue weighted by Gasteiger charge is -2.36. The Morgan fingerprint density at radius 2 is 1.83 bits per heavy atom. The summed E-state index contributed by atoms with van der Waals surface area (Å²) in [5, 5.41) is 0. The van der Waals surface area contributed by atoms with Crippen LogP contribution in [0.5, 0.6) is 0 Å². The van der Waals surface area contributed by atoms with Crippen LogP contribution in [-0.4, -0.2) is 53.6 Å². The fraction of sp³-hybridized carbons (Fsp3) is 0.867. The number of alkyl halides is 3. The molecule has 2 fully saturated rings. The predicted octanol–water partition coefficient (Wildman–Crippen LogP) is 3.19. The zero-order valence-corrected chi connectivity index (χ0v) is 14.5. The number of carbonyl (C=O) groups is 2. The third kappa shape index (κ3) is 2.99. The number of likely N-dealkylation sites (tertiary alicyclic amines) is 1. The van der Waals surface area contributed by atoms with E-state index in [1.54, 1.807) is 20.8 Å². The van der Waals surface area contributed by atoms with Gasteiger partial charge in [0.05, 0.1) is 12.5 Å². The van der Waals surface area contributed by atoms with Gasteiger partial charge in [0.25, 0.3) is 5.92 Å². The van der Waals surface area contributed by atoms with Crippen LogP contribution in [0, 0.1) is 5.41 Å². The Morgan fingerprint density at radius 1 is 1.26 bits per heavy atom. The first-order valence-corrected chi connectivity index (χ1v) is 7.99. The van der Waals surface area contributed by atoms with Crippen LogP contribution in [0.3, 0.4) is 0 Å². The Labute approximate surface area is 139 Å². The molecule has 1 spiro atoms. The van der Waals surface area contributed by atoms with Gasteiger partial charge in [-0.1, -0.05) is 0 Å². The normalized spacial score (nSPS) is 32.0. The van der Waals surface area contributed by atoms with E-state index in [9.17, 15) is 18.4 Å². The Kier molecular flexibility index (Phi) is 4.33. The Balaban J connectivity index is 2.38. The molecule has 1 aliphatic carbocycles. The maximum absolute atomic E-state index is 13.9. The third-order valence-corrected chi connectivity index (χ3v) is 4.70. The summed E-state index contributed by atoms with van der Waals surface area (Å²) in [6.07, 6.45) is -1.27. The molecule has 0 N–H and O–H groups in total. The first kappa shape index (κ1) is 18.2. The number of carbonyl (C=O) groups excluding carboxylic acids is 2. The Hall–Kier alpha value is -1.11. The number of rotatable bonds is 3. The summed E-state index contributed by atoms with van der Waals surface area (Å²) in [7, 11) is 1.17. The summed E-state index contributed by atoms with van der Waals surface area (Å²) >= 11 is 5.79. The lowest BCUT2D eigenvalue weighted by atomic mass is 9.87. The molecule has 5 nitrogen and oxygen atoms in total. The Morgan fingerprint density at radius 3 is 2.22 bits per heavy atom. The molecule has 132 valence electrons. The molecule has 0 unspecified atom stereocenters. The number of methoxy groups -OCH3 is 1. The highest BCUT2D eigenvalue weighted by atomic mass is 35.5. The van der Waals surface area contributed by atoms with E-state index in [1.807, 2.05) is 0 Å². The van der Waals surface area contributed by atoms with Crippen LogP contribution in [0.1, 0.15) is 40.0 Å². The molecule has 0 bridgehead atoms. The molecule has 0 radical (unpaired) electrons. The minimum Gasteiger partial charge on any atom is -0.467 e. The smallest absolute Gasteiger partial charge is 0.411 e. The summed E-state index contributed by atoms with van der Waals surface area (Å²) in [6.45, 7) is 4.78. The number of hydrogen-bond acceptors (Lipinski definition) is 4. The van der Waals surface area contributed by atoms with Gasteiger partial charge in [0, 0.05) is 18.8 Å². The minimum absolute atomic E-state index is 0.0377. The molecule has 23 heavy (non-hydrogen) atoms. The zero-order valence-electron chi connectivity index (χ0n) is 13.7. The predicted molar refractivity (Wildman–Crippen MR) is 79.6 cm³/mol. The van der Waals surface area contributed by atoms with E-state index in [1.165, 1.54) is 7.11 Å². The van der Waals surface area contributed by atoms with Crippen molar-refractivity contribution < 1.29 is 27.8 Å². The van der Waals surface area contributed by atoms with Crippen molar-refractivity contribution in [3.63, 3.8) is 0 Å². The molecule has 2 aliphatic rings. The van der Waals surface area contributed by atoms with Gasteiger partial charge in [0.2, 0.25) is 0 Å². The van der Waals surface area contributed by atoms with Gasteiger partial charge in [-0.2, -0.15) is 0 Å². The van der Waals surface area contributed by atoms with Gasteiger partial charge >= 0.3 is 12.1 Å². The molecule has 1 saturated carbocycles. The maximum Gasteiger partial charge on any atom is 0.411 e. The SMILES string of the molecule is COC(=O)[C@@]1(CCCl)C[C@]2(CN1C(=O)OC(C)(C)C)CC2(F)F. The highest BCUT2D eigenvalue weighted by Crippen LogP contribution is 2.68. The van der Waals surface area contributed by atoms with Crippen LogP contribution in [0.25, 0.3) is 0 Å².